The molecule has 2 nitrogen and oxygen atoms in total. The maximum Gasteiger partial charge on any atom is 0.156 e. The van der Waals surface area contributed by atoms with Gasteiger partial charge in [0, 0.05) is 17.3 Å². The molecule has 0 unspecified atom stereocenters. The van der Waals surface area contributed by atoms with Gasteiger partial charge in [0.1, 0.15) is 6.61 Å². The van der Waals surface area contributed by atoms with Crippen LogP contribution in [0.25, 0.3) is 0 Å². The molecule has 1 N–H and O–H groups in total. The number of anilines is 1. The van der Waals surface area contributed by atoms with E-state index in [-0.39, 0.29) is 0 Å². The third-order valence-electron chi connectivity index (χ3n) is 3.95. The van der Waals surface area contributed by atoms with Crippen LogP contribution in [0.15, 0.2) is 60.7 Å². The molecule has 0 fully saturated rings. The molecule has 0 saturated heterocycles. The van der Waals surface area contributed by atoms with Gasteiger partial charge in [-0.25, -0.2) is 0 Å². The molecule has 0 aromatic heterocycles. The number of hydrogen-bond acceptors (Lipinski definition) is 2. The molecule has 0 aliphatic heterocycles. The molecule has 0 aliphatic carbocycles. The first-order valence-electron chi connectivity index (χ1n) is 8.17. The molecule has 134 valence electrons. The Bertz CT molecular complexity index is 874. The maximum absolute atomic E-state index is 6.37. The summed E-state index contributed by atoms with van der Waals surface area (Å²) in [6.07, 6.45) is 0. The third kappa shape index (κ3) is 4.85. The van der Waals surface area contributed by atoms with E-state index in [9.17, 15) is 0 Å². The lowest BCUT2D eigenvalue weighted by atomic mass is 10.2. The molecule has 26 heavy (non-hydrogen) atoms. The van der Waals surface area contributed by atoms with Gasteiger partial charge in [-0.15, -0.1) is 0 Å². The van der Waals surface area contributed by atoms with Gasteiger partial charge in [-0.1, -0.05) is 71.2 Å². The van der Waals surface area contributed by atoms with Crippen LogP contribution in [-0.4, -0.2) is 0 Å². The molecule has 3 rings (SSSR count). The Kier molecular flexibility index (Phi) is 6.31. The minimum atomic E-state index is 0.416. The number of halogens is 3. The van der Waals surface area contributed by atoms with Gasteiger partial charge in [0.15, 0.2) is 5.75 Å². The Balaban J connectivity index is 1.67. The average Bonchev–Trinajstić information content (AvgIpc) is 2.63. The van der Waals surface area contributed by atoms with Crippen LogP contribution in [0.5, 0.6) is 5.75 Å². The Hall–Kier alpha value is -1.87. The predicted molar refractivity (Wildman–Crippen MR) is 111 cm³/mol. The lowest BCUT2D eigenvalue weighted by Crippen LogP contribution is -2.01. The summed E-state index contributed by atoms with van der Waals surface area (Å²) in [5, 5.41) is 5.04. The first-order chi connectivity index (χ1) is 12.5. The first-order valence-corrected chi connectivity index (χ1v) is 9.31. The summed E-state index contributed by atoms with van der Waals surface area (Å²) in [4.78, 5) is 0. The van der Waals surface area contributed by atoms with Crippen LogP contribution in [0, 0.1) is 6.92 Å². The van der Waals surface area contributed by atoms with Crippen molar-refractivity contribution in [2.75, 3.05) is 5.32 Å². The first kappa shape index (κ1) is 18.9. The van der Waals surface area contributed by atoms with E-state index in [1.54, 1.807) is 0 Å². The monoisotopic (exact) mass is 405 g/mol. The summed E-state index contributed by atoms with van der Waals surface area (Å²) in [7, 11) is 0. The summed E-state index contributed by atoms with van der Waals surface area (Å²) >= 11 is 18.9. The number of nitrogens with one attached hydrogen (secondary N) is 1. The Morgan fingerprint density at radius 1 is 0.808 bits per heavy atom. The topological polar surface area (TPSA) is 21.3 Å². The van der Waals surface area contributed by atoms with Gasteiger partial charge in [-0.2, -0.15) is 0 Å². The highest BCUT2D eigenvalue weighted by Gasteiger charge is 2.10. The number of hydrogen-bond donors (Lipinski definition) is 1. The highest BCUT2D eigenvalue weighted by molar-refractivity contribution is 6.37. The van der Waals surface area contributed by atoms with Crippen molar-refractivity contribution in [3.05, 3.63) is 92.4 Å². The second-order valence-electron chi connectivity index (χ2n) is 5.98. The Labute approximate surface area is 168 Å². The number of benzene rings is 3. The fraction of sp³-hybridized carbons (Fsp3) is 0.143. The van der Waals surface area contributed by atoms with Gasteiger partial charge >= 0.3 is 0 Å². The van der Waals surface area contributed by atoms with Crippen molar-refractivity contribution in [2.45, 2.75) is 20.1 Å². The van der Waals surface area contributed by atoms with E-state index in [1.807, 2.05) is 67.6 Å². The lowest BCUT2D eigenvalue weighted by Gasteiger charge is -2.13. The summed E-state index contributed by atoms with van der Waals surface area (Å²) in [6, 6.07) is 19.5. The fourth-order valence-electron chi connectivity index (χ4n) is 2.49. The van der Waals surface area contributed by atoms with Crippen molar-refractivity contribution in [1.82, 2.24) is 0 Å². The van der Waals surface area contributed by atoms with E-state index in [0.29, 0.717) is 28.9 Å². The van der Waals surface area contributed by atoms with Crippen LogP contribution >= 0.6 is 34.8 Å². The molecule has 0 saturated carbocycles. The Morgan fingerprint density at radius 3 is 2.15 bits per heavy atom. The molecule has 0 bridgehead atoms. The summed E-state index contributed by atoms with van der Waals surface area (Å²) in [6.45, 7) is 2.97. The van der Waals surface area contributed by atoms with E-state index in [1.165, 1.54) is 0 Å². The predicted octanol–water partition coefficient (Wildman–Crippen LogP) is 7.15. The van der Waals surface area contributed by atoms with E-state index >= 15 is 0 Å². The van der Waals surface area contributed by atoms with Gasteiger partial charge in [-0.3, -0.25) is 0 Å². The normalized spacial score (nSPS) is 10.6. The van der Waals surface area contributed by atoms with Crippen molar-refractivity contribution in [1.29, 1.82) is 0 Å². The zero-order valence-electron chi connectivity index (χ0n) is 14.2. The van der Waals surface area contributed by atoms with Gasteiger partial charge in [0.2, 0.25) is 0 Å². The molecule has 0 atom stereocenters. The van der Waals surface area contributed by atoms with Crippen LogP contribution < -0.4 is 10.1 Å². The largest absolute Gasteiger partial charge is 0.486 e. The minimum absolute atomic E-state index is 0.416. The van der Waals surface area contributed by atoms with Crippen LogP contribution in [0.3, 0.4) is 0 Å². The number of aryl methyl sites for hydroxylation is 1. The van der Waals surface area contributed by atoms with E-state index in [0.717, 1.165) is 27.4 Å². The van der Waals surface area contributed by atoms with Crippen molar-refractivity contribution in [3.63, 3.8) is 0 Å². The van der Waals surface area contributed by atoms with E-state index in [4.69, 9.17) is 39.5 Å². The maximum atomic E-state index is 6.37. The molecule has 0 aliphatic rings. The molecular weight excluding hydrogens is 389 g/mol. The zero-order chi connectivity index (χ0) is 18.5. The van der Waals surface area contributed by atoms with Gasteiger partial charge in [0.25, 0.3) is 0 Å². The standard InChI is InChI=1S/C21H18Cl3NO/c1-14-7-8-17(11-18(14)22)25-12-16-9-19(23)21(20(24)10-16)26-13-15-5-3-2-4-6-15/h2-11,25H,12-13H2,1H3. The summed E-state index contributed by atoms with van der Waals surface area (Å²) in [5.74, 6) is 0.499. The lowest BCUT2D eigenvalue weighted by molar-refractivity contribution is 0.306. The van der Waals surface area contributed by atoms with Crippen LogP contribution in [0.2, 0.25) is 15.1 Å². The van der Waals surface area contributed by atoms with Crippen LogP contribution in [0.4, 0.5) is 5.69 Å². The van der Waals surface area contributed by atoms with Gasteiger partial charge < -0.3 is 10.1 Å². The number of rotatable bonds is 6. The van der Waals surface area contributed by atoms with E-state index in [2.05, 4.69) is 5.32 Å². The van der Waals surface area contributed by atoms with Gasteiger partial charge in [0.05, 0.1) is 10.0 Å². The fourth-order valence-corrected chi connectivity index (χ4v) is 3.31. The minimum Gasteiger partial charge on any atom is -0.486 e. The quantitative estimate of drug-likeness (QED) is 0.469. The smallest absolute Gasteiger partial charge is 0.156 e. The average molecular weight is 407 g/mol. The van der Waals surface area contributed by atoms with Crippen molar-refractivity contribution < 1.29 is 4.74 Å². The van der Waals surface area contributed by atoms with E-state index < -0.39 is 0 Å². The second kappa shape index (κ2) is 8.68. The molecule has 5 heteroatoms. The number of ether oxygens (including phenoxy) is 1. The van der Waals surface area contributed by atoms with Crippen molar-refractivity contribution in [3.8, 4) is 5.75 Å². The summed E-state index contributed by atoms with van der Waals surface area (Å²) < 4.78 is 5.80. The molecular formula is C21H18Cl3NO. The molecule has 3 aromatic rings. The summed E-state index contributed by atoms with van der Waals surface area (Å²) in [5.41, 5.74) is 4.01. The zero-order valence-corrected chi connectivity index (χ0v) is 16.5. The highest BCUT2D eigenvalue weighted by atomic mass is 35.5. The third-order valence-corrected chi connectivity index (χ3v) is 4.92. The molecule has 0 spiro atoms. The highest BCUT2D eigenvalue weighted by Crippen LogP contribution is 2.35. The van der Waals surface area contributed by atoms with Crippen molar-refractivity contribution >= 4 is 40.5 Å². The molecule has 0 amide bonds. The molecule has 0 heterocycles. The van der Waals surface area contributed by atoms with Crippen LogP contribution in [0.1, 0.15) is 16.7 Å². The molecule has 0 radical (unpaired) electrons. The van der Waals surface area contributed by atoms with Crippen molar-refractivity contribution in [2.24, 2.45) is 0 Å². The van der Waals surface area contributed by atoms with Gasteiger partial charge in [-0.05, 0) is 47.9 Å². The second-order valence-corrected chi connectivity index (χ2v) is 7.20. The Morgan fingerprint density at radius 2 is 1.50 bits per heavy atom. The SMILES string of the molecule is Cc1ccc(NCc2cc(Cl)c(OCc3ccccc3)c(Cl)c2)cc1Cl. The van der Waals surface area contributed by atoms with Crippen LogP contribution in [-0.2, 0) is 13.2 Å². The molecule has 3 aromatic carbocycles.